The van der Waals surface area contributed by atoms with Crippen molar-refractivity contribution in [2.24, 2.45) is 0 Å². The van der Waals surface area contributed by atoms with Gasteiger partial charge in [0.2, 0.25) is 0 Å². The van der Waals surface area contributed by atoms with Crippen LogP contribution in [0.1, 0.15) is 26.4 Å². The molecule has 2 aromatic heterocycles. The molecule has 0 spiro atoms. The Morgan fingerprint density at radius 2 is 2.20 bits per heavy atom. The molecule has 0 aliphatic carbocycles. The lowest BCUT2D eigenvalue weighted by atomic mass is 10.0. The topological polar surface area (TPSA) is 83.0 Å². The normalized spacial score (nSPS) is 13.7. The lowest BCUT2D eigenvalue weighted by molar-refractivity contribution is 0.0737. The zero-order valence-corrected chi connectivity index (χ0v) is 11.5. The Morgan fingerprint density at radius 3 is 2.90 bits per heavy atom. The summed E-state index contributed by atoms with van der Waals surface area (Å²) in [5.41, 5.74) is 8.07. The van der Waals surface area contributed by atoms with Crippen molar-refractivity contribution in [3.8, 4) is 6.07 Å². The minimum absolute atomic E-state index is 0.0106. The smallest absolute Gasteiger partial charge is 0.254 e. The molecule has 5 nitrogen and oxygen atoms in total. The third-order valence-corrected chi connectivity index (χ3v) is 4.46. The number of hydrogen-bond donors (Lipinski definition) is 1. The predicted octanol–water partition coefficient (Wildman–Crippen LogP) is 1.80. The number of nitrogens with two attached hydrogens (primary N) is 1. The number of nitrogens with zero attached hydrogens (tertiary/aromatic N) is 3. The summed E-state index contributed by atoms with van der Waals surface area (Å²) in [6.07, 6.45) is 3.90. The van der Waals surface area contributed by atoms with Gasteiger partial charge in [0.05, 0.1) is 12.1 Å². The van der Waals surface area contributed by atoms with Crippen molar-refractivity contribution in [2.75, 3.05) is 12.3 Å². The number of fused-ring (bicyclic) bond motifs is 1. The number of anilines is 1. The Balaban J connectivity index is 1.87. The minimum atomic E-state index is -0.0106. The standard InChI is InChI=1S/C14H12N4OS/c15-7-11-10-3-6-18(8-12(10)20-13(11)16)14(19)9-1-4-17-5-2-9/h1-2,4-5H,3,6,8,16H2. The van der Waals surface area contributed by atoms with Gasteiger partial charge < -0.3 is 10.6 Å². The van der Waals surface area contributed by atoms with E-state index in [1.54, 1.807) is 29.4 Å². The number of pyridine rings is 1. The van der Waals surface area contributed by atoms with Gasteiger partial charge in [0.1, 0.15) is 11.1 Å². The van der Waals surface area contributed by atoms with Crippen LogP contribution in [0, 0.1) is 11.3 Å². The van der Waals surface area contributed by atoms with Gasteiger partial charge in [0.15, 0.2) is 0 Å². The Bertz CT molecular complexity index is 702. The van der Waals surface area contributed by atoms with Gasteiger partial charge in [-0.2, -0.15) is 5.26 Å². The fraction of sp³-hybridized carbons (Fsp3) is 0.214. The minimum Gasteiger partial charge on any atom is -0.389 e. The van der Waals surface area contributed by atoms with Gasteiger partial charge in [0.25, 0.3) is 5.91 Å². The van der Waals surface area contributed by atoms with Crippen molar-refractivity contribution in [3.05, 3.63) is 46.1 Å². The molecule has 20 heavy (non-hydrogen) atoms. The zero-order chi connectivity index (χ0) is 14.1. The highest BCUT2D eigenvalue weighted by Gasteiger charge is 2.26. The SMILES string of the molecule is N#Cc1c(N)sc2c1CCN(C(=O)c1ccncc1)C2. The molecule has 0 saturated carbocycles. The molecule has 6 heteroatoms. The lowest BCUT2D eigenvalue weighted by Gasteiger charge is -2.27. The number of carbonyl (C=O) groups is 1. The van der Waals surface area contributed by atoms with Crippen molar-refractivity contribution in [3.63, 3.8) is 0 Å². The van der Waals surface area contributed by atoms with Gasteiger partial charge in [-0.25, -0.2) is 0 Å². The van der Waals surface area contributed by atoms with Crippen LogP contribution in [-0.4, -0.2) is 22.3 Å². The Morgan fingerprint density at radius 1 is 1.45 bits per heavy atom. The van der Waals surface area contributed by atoms with Crippen molar-refractivity contribution in [1.82, 2.24) is 9.88 Å². The van der Waals surface area contributed by atoms with Crippen LogP contribution < -0.4 is 5.73 Å². The largest absolute Gasteiger partial charge is 0.389 e. The van der Waals surface area contributed by atoms with E-state index in [1.165, 1.54) is 11.3 Å². The first-order valence-electron chi connectivity index (χ1n) is 6.20. The number of amides is 1. The van der Waals surface area contributed by atoms with E-state index in [1.807, 2.05) is 0 Å². The molecule has 3 rings (SSSR count). The van der Waals surface area contributed by atoms with E-state index >= 15 is 0 Å². The maximum Gasteiger partial charge on any atom is 0.254 e. The Hall–Kier alpha value is -2.39. The van der Waals surface area contributed by atoms with E-state index in [0.717, 1.165) is 10.4 Å². The number of nitrogen functional groups attached to an aromatic ring is 1. The summed E-state index contributed by atoms with van der Waals surface area (Å²) in [5, 5.41) is 9.66. The maximum absolute atomic E-state index is 12.4. The Kier molecular flexibility index (Phi) is 3.12. The molecule has 100 valence electrons. The number of nitriles is 1. The van der Waals surface area contributed by atoms with Gasteiger partial charge in [-0.15, -0.1) is 11.3 Å². The lowest BCUT2D eigenvalue weighted by Crippen LogP contribution is -2.35. The van der Waals surface area contributed by atoms with E-state index < -0.39 is 0 Å². The summed E-state index contributed by atoms with van der Waals surface area (Å²) in [4.78, 5) is 19.1. The van der Waals surface area contributed by atoms with Crippen LogP contribution in [0.3, 0.4) is 0 Å². The van der Waals surface area contributed by atoms with Crippen LogP contribution in [0.15, 0.2) is 24.5 Å². The van der Waals surface area contributed by atoms with Crippen molar-refractivity contribution in [2.45, 2.75) is 13.0 Å². The van der Waals surface area contributed by atoms with E-state index in [4.69, 9.17) is 11.0 Å². The second-order valence-corrected chi connectivity index (χ2v) is 5.70. The van der Waals surface area contributed by atoms with Crippen LogP contribution in [0.4, 0.5) is 5.00 Å². The summed E-state index contributed by atoms with van der Waals surface area (Å²) >= 11 is 1.41. The van der Waals surface area contributed by atoms with Gasteiger partial charge in [-0.1, -0.05) is 0 Å². The average molecular weight is 284 g/mol. The Labute approximate surface area is 120 Å². The van der Waals surface area contributed by atoms with Gasteiger partial charge in [-0.05, 0) is 24.1 Å². The molecule has 2 aromatic rings. The molecule has 0 atom stereocenters. The van der Waals surface area contributed by atoms with E-state index in [0.29, 0.717) is 35.6 Å². The highest BCUT2D eigenvalue weighted by atomic mass is 32.1. The van der Waals surface area contributed by atoms with Crippen LogP contribution in [0.2, 0.25) is 0 Å². The number of rotatable bonds is 1. The monoisotopic (exact) mass is 284 g/mol. The molecule has 2 N–H and O–H groups in total. The van der Waals surface area contributed by atoms with Crippen molar-refractivity contribution in [1.29, 1.82) is 5.26 Å². The first-order chi connectivity index (χ1) is 9.70. The van der Waals surface area contributed by atoms with Crippen LogP contribution in [0.5, 0.6) is 0 Å². The molecule has 1 amide bonds. The molecule has 1 aliphatic heterocycles. The first-order valence-corrected chi connectivity index (χ1v) is 7.01. The fourth-order valence-electron chi connectivity index (χ4n) is 2.40. The summed E-state index contributed by atoms with van der Waals surface area (Å²) in [7, 11) is 0. The molecule has 0 fully saturated rings. The van der Waals surface area contributed by atoms with E-state index in [9.17, 15) is 4.79 Å². The van der Waals surface area contributed by atoms with Crippen LogP contribution in [-0.2, 0) is 13.0 Å². The molecule has 3 heterocycles. The molecule has 1 aliphatic rings. The predicted molar refractivity (Wildman–Crippen MR) is 76.1 cm³/mol. The van der Waals surface area contributed by atoms with Crippen molar-refractivity contribution < 1.29 is 4.79 Å². The summed E-state index contributed by atoms with van der Waals surface area (Å²) in [6, 6.07) is 5.57. The van der Waals surface area contributed by atoms with Crippen LogP contribution >= 0.6 is 11.3 Å². The van der Waals surface area contributed by atoms with Gasteiger partial charge >= 0.3 is 0 Å². The third-order valence-electron chi connectivity index (χ3n) is 3.41. The maximum atomic E-state index is 12.4. The average Bonchev–Trinajstić information content (AvgIpc) is 2.81. The third kappa shape index (κ3) is 2.02. The van der Waals surface area contributed by atoms with Crippen LogP contribution in [0.25, 0.3) is 0 Å². The second-order valence-electron chi connectivity index (χ2n) is 4.57. The summed E-state index contributed by atoms with van der Waals surface area (Å²) < 4.78 is 0. The fourth-order valence-corrected chi connectivity index (χ4v) is 3.48. The molecular weight excluding hydrogens is 272 g/mol. The molecule has 0 saturated heterocycles. The molecule has 0 aromatic carbocycles. The summed E-state index contributed by atoms with van der Waals surface area (Å²) in [6.45, 7) is 1.13. The number of thiophene rings is 1. The quantitative estimate of drug-likeness (QED) is 0.865. The number of aromatic nitrogens is 1. The number of carbonyl (C=O) groups excluding carboxylic acids is 1. The van der Waals surface area contributed by atoms with Gasteiger partial charge in [0, 0.05) is 29.4 Å². The van der Waals surface area contributed by atoms with E-state index in [2.05, 4.69) is 11.1 Å². The number of hydrogen-bond acceptors (Lipinski definition) is 5. The highest BCUT2D eigenvalue weighted by molar-refractivity contribution is 7.16. The molecule has 0 radical (unpaired) electrons. The molecular formula is C14H12N4OS. The zero-order valence-electron chi connectivity index (χ0n) is 10.7. The van der Waals surface area contributed by atoms with Crippen molar-refractivity contribution >= 4 is 22.2 Å². The second kappa shape index (κ2) is 4.94. The van der Waals surface area contributed by atoms with Gasteiger partial charge in [-0.3, -0.25) is 9.78 Å². The molecule has 0 unspecified atom stereocenters. The highest BCUT2D eigenvalue weighted by Crippen LogP contribution is 2.34. The molecule has 0 bridgehead atoms. The van der Waals surface area contributed by atoms with E-state index in [-0.39, 0.29) is 5.91 Å². The summed E-state index contributed by atoms with van der Waals surface area (Å²) in [5.74, 6) is -0.0106. The first kappa shape index (κ1) is 12.6.